The molecule has 0 saturated carbocycles. The minimum atomic E-state index is -0.701. The fourth-order valence-electron chi connectivity index (χ4n) is 6.14. The van der Waals surface area contributed by atoms with Crippen LogP contribution in [0.25, 0.3) is 22.2 Å². The summed E-state index contributed by atoms with van der Waals surface area (Å²) in [5.41, 5.74) is 1.44. The van der Waals surface area contributed by atoms with Crippen molar-refractivity contribution in [1.29, 1.82) is 0 Å². The van der Waals surface area contributed by atoms with Crippen LogP contribution in [0.3, 0.4) is 0 Å². The van der Waals surface area contributed by atoms with Crippen molar-refractivity contribution >= 4 is 16.9 Å². The van der Waals surface area contributed by atoms with E-state index in [0.29, 0.717) is 12.5 Å². The van der Waals surface area contributed by atoms with Gasteiger partial charge in [-0.2, -0.15) is 0 Å². The Bertz CT molecular complexity index is 1320. The van der Waals surface area contributed by atoms with E-state index in [9.17, 15) is 4.79 Å². The van der Waals surface area contributed by atoms with Gasteiger partial charge in [-0.25, -0.2) is 0 Å². The third kappa shape index (κ3) is 7.30. The third-order valence-corrected chi connectivity index (χ3v) is 8.00. The predicted molar refractivity (Wildman–Crippen MR) is 169 cm³/mol. The maximum atomic E-state index is 13.8. The Morgan fingerprint density at radius 2 is 1.38 bits per heavy atom. The van der Waals surface area contributed by atoms with Crippen LogP contribution >= 0.6 is 0 Å². The second-order valence-corrected chi connectivity index (χ2v) is 15.6. The number of aromatic nitrogens is 1. The summed E-state index contributed by atoms with van der Waals surface area (Å²) in [7, 11) is 0. The van der Waals surface area contributed by atoms with Gasteiger partial charge in [0.2, 0.25) is 0 Å². The zero-order valence-corrected chi connectivity index (χ0v) is 27.4. The van der Waals surface area contributed by atoms with Crippen LogP contribution in [0.1, 0.15) is 109 Å². The normalized spacial score (nSPS) is 14.8. The number of benzene rings is 2. The smallest absolute Gasteiger partial charge is 0.312 e. The van der Waals surface area contributed by atoms with Gasteiger partial charge < -0.3 is 14.0 Å². The van der Waals surface area contributed by atoms with Crippen LogP contribution < -0.4 is 4.74 Å². The summed E-state index contributed by atoms with van der Waals surface area (Å²) in [5, 5.41) is 1.19. The first-order valence-electron chi connectivity index (χ1n) is 14.8. The third-order valence-electron chi connectivity index (χ3n) is 8.00. The Morgan fingerprint density at radius 3 is 1.90 bits per heavy atom. The summed E-state index contributed by atoms with van der Waals surface area (Å²) in [5.74, 6) is 0.673. The molecule has 0 bridgehead atoms. The monoisotopic (exact) mass is 547 g/mol. The lowest BCUT2D eigenvalue weighted by molar-refractivity contribution is -0.181. The predicted octanol–water partition coefficient (Wildman–Crippen LogP) is 10.2. The summed E-state index contributed by atoms with van der Waals surface area (Å²) in [4.78, 5) is 13.8. The number of carbonyl (C=O) groups excluding carboxylic acids is 1. The molecule has 3 rings (SSSR count). The van der Waals surface area contributed by atoms with Gasteiger partial charge in [0.1, 0.15) is 17.0 Å². The Hall–Kier alpha value is -2.75. The number of hydrogen-bond acceptors (Lipinski definition) is 3. The molecule has 0 aliphatic heterocycles. The van der Waals surface area contributed by atoms with E-state index < -0.39 is 16.6 Å². The number of fused-ring (bicyclic) bond motifs is 1. The Labute approximate surface area is 243 Å². The number of ether oxygens (including phenoxy) is 2. The molecule has 0 fully saturated rings. The van der Waals surface area contributed by atoms with E-state index in [2.05, 4.69) is 123 Å². The van der Waals surface area contributed by atoms with Crippen LogP contribution in [0.15, 0.2) is 54.6 Å². The maximum Gasteiger partial charge on any atom is 0.312 e. The highest BCUT2D eigenvalue weighted by Gasteiger charge is 2.49. The first kappa shape index (κ1) is 31.8. The Morgan fingerprint density at radius 1 is 0.775 bits per heavy atom. The molecule has 0 radical (unpaired) electrons. The van der Waals surface area contributed by atoms with Crippen molar-refractivity contribution in [3.05, 3.63) is 54.6 Å². The van der Waals surface area contributed by atoms with E-state index >= 15 is 0 Å². The second kappa shape index (κ2) is 10.9. The van der Waals surface area contributed by atoms with Crippen LogP contribution in [0.2, 0.25) is 0 Å². The van der Waals surface area contributed by atoms with Crippen LogP contribution in [0, 0.1) is 16.2 Å². The average molecular weight is 548 g/mol. The van der Waals surface area contributed by atoms with Gasteiger partial charge in [0.05, 0.1) is 10.9 Å². The Balaban J connectivity index is 1.85. The van der Waals surface area contributed by atoms with Crippen LogP contribution in [0.5, 0.6) is 5.75 Å². The number of carbonyl (C=O) groups is 1. The zero-order chi connectivity index (χ0) is 30.3. The molecule has 1 aromatic heterocycles. The molecule has 0 amide bonds. The van der Waals surface area contributed by atoms with Gasteiger partial charge in [0, 0.05) is 29.6 Å². The minimum absolute atomic E-state index is 0.000244. The largest absolute Gasteiger partial charge is 0.488 e. The minimum Gasteiger partial charge on any atom is -0.488 e. The van der Waals surface area contributed by atoms with Gasteiger partial charge >= 0.3 is 5.97 Å². The molecule has 0 spiro atoms. The number of rotatable bonds is 9. The zero-order valence-electron chi connectivity index (χ0n) is 27.4. The maximum absolute atomic E-state index is 13.8. The van der Waals surface area contributed by atoms with Crippen LogP contribution in [-0.2, 0) is 9.53 Å². The highest BCUT2D eigenvalue weighted by molar-refractivity contribution is 5.88. The fourth-order valence-corrected chi connectivity index (χ4v) is 6.14. The molecule has 1 unspecified atom stereocenters. The number of esters is 1. The van der Waals surface area contributed by atoms with E-state index in [0.717, 1.165) is 17.7 Å². The molecule has 0 N–H and O–H groups in total. The van der Waals surface area contributed by atoms with Gasteiger partial charge in [-0.3, -0.25) is 4.79 Å². The molecule has 220 valence electrons. The van der Waals surface area contributed by atoms with Gasteiger partial charge in [0.25, 0.3) is 0 Å². The van der Waals surface area contributed by atoms with Crippen molar-refractivity contribution in [2.75, 3.05) is 0 Å². The lowest BCUT2D eigenvalue weighted by atomic mass is 9.61. The van der Waals surface area contributed by atoms with E-state index in [1.54, 1.807) is 0 Å². The first-order valence-corrected chi connectivity index (χ1v) is 14.8. The lowest BCUT2D eigenvalue weighted by Crippen LogP contribution is -2.48. The summed E-state index contributed by atoms with van der Waals surface area (Å²) in [6.45, 7) is 27.6. The van der Waals surface area contributed by atoms with Crippen molar-refractivity contribution in [3.8, 4) is 17.0 Å². The topological polar surface area (TPSA) is 40.5 Å². The molecule has 1 heterocycles. The van der Waals surface area contributed by atoms with Gasteiger partial charge in [0.15, 0.2) is 0 Å². The Kier molecular flexibility index (Phi) is 8.67. The highest BCUT2D eigenvalue weighted by Crippen LogP contribution is 2.48. The standard InChI is InChI=1S/C36H53NO3/c1-25(2)37-29(26-17-15-14-16-18-26)21-27-19-20-28(22-30(27)37)39-34(9,10)24-35(11,12)40-31(38)36(13,33(6,7)8)23-32(3,4)5/h14-22,25H,23-24H2,1-13H3. The average Bonchev–Trinajstić information content (AvgIpc) is 3.15. The van der Waals surface area contributed by atoms with Gasteiger partial charge in [-0.05, 0) is 89.5 Å². The van der Waals surface area contributed by atoms with E-state index in [1.165, 1.54) is 16.6 Å². The molecule has 1 atom stereocenters. The fraction of sp³-hybridized carbons (Fsp3) is 0.583. The second-order valence-electron chi connectivity index (χ2n) is 15.6. The lowest BCUT2D eigenvalue weighted by Gasteiger charge is -2.45. The summed E-state index contributed by atoms with van der Waals surface area (Å²) in [6.07, 6.45) is 1.30. The van der Waals surface area contributed by atoms with Gasteiger partial charge in [-0.1, -0.05) is 71.9 Å². The molecule has 3 aromatic rings. The van der Waals surface area contributed by atoms with E-state index in [-0.39, 0.29) is 16.8 Å². The van der Waals surface area contributed by atoms with Crippen molar-refractivity contribution in [3.63, 3.8) is 0 Å². The molecular weight excluding hydrogens is 494 g/mol. The summed E-state index contributed by atoms with van der Waals surface area (Å²) < 4.78 is 15.3. The molecule has 0 aliphatic rings. The van der Waals surface area contributed by atoms with Crippen molar-refractivity contribution in [1.82, 2.24) is 4.57 Å². The summed E-state index contributed by atoms with van der Waals surface area (Å²) >= 11 is 0. The molecule has 0 saturated heterocycles. The van der Waals surface area contributed by atoms with Crippen LogP contribution in [0.4, 0.5) is 0 Å². The van der Waals surface area contributed by atoms with Gasteiger partial charge in [-0.15, -0.1) is 0 Å². The van der Waals surface area contributed by atoms with Crippen molar-refractivity contribution in [2.45, 2.75) is 120 Å². The molecular formula is C36H53NO3. The van der Waals surface area contributed by atoms with Crippen molar-refractivity contribution < 1.29 is 14.3 Å². The molecule has 40 heavy (non-hydrogen) atoms. The molecule has 0 aliphatic carbocycles. The van der Waals surface area contributed by atoms with E-state index in [1.807, 2.05) is 26.0 Å². The number of hydrogen-bond donors (Lipinski definition) is 0. The summed E-state index contributed by atoms with van der Waals surface area (Å²) in [6, 6.07) is 19.4. The molecule has 2 aromatic carbocycles. The van der Waals surface area contributed by atoms with E-state index in [4.69, 9.17) is 9.47 Å². The molecule has 4 heteroatoms. The SMILES string of the molecule is CC(C)n1c(-c2ccccc2)cc2ccc(OC(C)(C)CC(C)(C)OC(=O)C(C)(CC(C)(C)C)C(C)(C)C)cc21. The van der Waals surface area contributed by atoms with Crippen molar-refractivity contribution in [2.24, 2.45) is 16.2 Å². The number of nitrogens with zero attached hydrogens (tertiary/aromatic N) is 1. The highest BCUT2D eigenvalue weighted by atomic mass is 16.6. The first-order chi connectivity index (χ1) is 18.1. The van der Waals surface area contributed by atoms with Crippen LogP contribution in [-0.4, -0.2) is 21.7 Å². The quantitative estimate of drug-likeness (QED) is 0.250. The molecule has 4 nitrogen and oxygen atoms in total.